The highest BCUT2D eigenvalue weighted by molar-refractivity contribution is 7.99. The van der Waals surface area contributed by atoms with Gasteiger partial charge in [-0.2, -0.15) is 0 Å². The lowest BCUT2D eigenvalue weighted by Crippen LogP contribution is -1.96. The highest BCUT2D eigenvalue weighted by atomic mass is 35.5. The van der Waals surface area contributed by atoms with E-state index >= 15 is 0 Å². The molecule has 0 radical (unpaired) electrons. The van der Waals surface area contributed by atoms with Gasteiger partial charge >= 0.3 is 0 Å². The topological polar surface area (TPSA) is 43.6 Å². The first-order valence-electron chi connectivity index (χ1n) is 5.67. The number of hydrogen-bond acceptors (Lipinski definition) is 4. The Morgan fingerprint density at radius 3 is 2.50 bits per heavy atom. The van der Waals surface area contributed by atoms with Crippen molar-refractivity contribution in [1.82, 2.24) is 19.5 Å². The number of hydrogen-bond donors (Lipinski definition) is 0. The Morgan fingerprint density at radius 1 is 1.00 bits per heavy atom. The number of halogens is 2. The minimum Gasteiger partial charge on any atom is -0.307 e. The summed E-state index contributed by atoms with van der Waals surface area (Å²) in [6.45, 7) is 0. The first kappa shape index (κ1) is 13.4. The summed E-state index contributed by atoms with van der Waals surface area (Å²) in [7, 11) is 0. The van der Waals surface area contributed by atoms with Gasteiger partial charge < -0.3 is 4.57 Å². The summed E-state index contributed by atoms with van der Waals surface area (Å²) in [6.07, 6.45) is 8.62. The monoisotopic (exact) mass is 322 g/mol. The molecule has 0 unspecified atom stereocenters. The lowest BCUT2D eigenvalue weighted by molar-refractivity contribution is 0.994. The summed E-state index contributed by atoms with van der Waals surface area (Å²) in [5.41, 5.74) is 0. The van der Waals surface area contributed by atoms with E-state index in [1.807, 2.05) is 35.2 Å². The summed E-state index contributed by atoms with van der Waals surface area (Å²) in [5.74, 6) is 0.684. The molecule has 0 spiro atoms. The van der Waals surface area contributed by atoms with E-state index in [1.54, 1.807) is 12.4 Å². The van der Waals surface area contributed by atoms with Gasteiger partial charge in [-0.25, -0.2) is 15.0 Å². The molecule has 100 valence electrons. The third-order valence-corrected chi connectivity index (χ3v) is 4.16. The Kier molecular flexibility index (Phi) is 3.91. The van der Waals surface area contributed by atoms with Gasteiger partial charge in [-0.1, -0.05) is 35.0 Å². The van der Waals surface area contributed by atoms with Gasteiger partial charge in [0.1, 0.15) is 10.2 Å². The van der Waals surface area contributed by atoms with Crippen molar-refractivity contribution >= 4 is 35.0 Å². The Morgan fingerprint density at radius 2 is 1.80 bits per heavy atom. The van der Waals surface area contributed by atoms with Crippen LogP contribution in [-0.2, 0) is 0 Å². The van der Waals surface area contributed by atoms with E-state index in [0.29, 0.717) is 16.0 Å². The van der Waals surface area contributed by atoms with Crippen molar-refractivity contribution in [2.75, 3.05) is 0 Å². The SMILES string of the molecule is Clc1cnc(Sc2ccnc(-n3cccc3)c2Cl)cn1. The maximum absolute atomic E-state index is 6.40. The minimum atomic E-state index is 0.364. The second-order valence-corrected chi connectivity index (χ2v) is 5.64. The standard InChI is InChI=1S/C13H8Cl2N4S/c14-10-7-18-11(8-17-10)20-9-3-4-16-13(12(9)15)19-5-1-2-6-19/h1-8H. The fourth-order valence-corrected chi connectivity index (χ4v) is 2.78. The van der Waals surface area contributed by atoms with Crippen molar-refractivity contribution in [3.63, 3.8) is 0 Å². The van der Waals surface area contributed by atoms with E-state index in [-0.39, 0.29) is 0 Å². The zero-order chi connectivity index (χ0) is 13.9. The molecule has 3 aromatic rings. The number of aromatic nitrogens is 4. The highest BCUT2D eigenvalue weighted by Gasteiger charge is 2.11. The van der Waals surface area contributed by atoms with E-state index in [9.17, 15) is 0 Å². The molecule has 7 heteroatoms. The highest BCUT2D eigenvalue weighted by Crippen LogP contribution is 2.34. The molecule has 0 N–H and O–H groups in total. The molecule has 0 amide bonds. The lowest BCUT2D eigenvalue weighted by atomic mass is 10.4. The molecule has 0 fully saturated rings. The van der Waals surface area contributed by atoms with Crippen molar-refractivity contribution < 1.29 is 0 Å². The number of rotatable bonds is 3. The maximum Gasteiger partial charge on any atom is 0.156 e. The van der Waals surface area contributed by atoms with E-state index in [0.717, 1.165) is 9.92 Å². The van der Waals surface area contributed by atoms with Crippen LogP contribution in [0.15, 0.2) is 59.1 Å². The van der Waals surface area contributed by atoms with Crippen molar-refractivity contribution in [3.8, 4) is 5.82 Å². The van der Waals surface area contributed by atoms with Gasteiger partial charge in [-0.15, -0.1) is 0 Å². The summed E-state index contributed by atoms with van der Waals surface area (Å²) >= 11 is 13.5. The maximum atomic E-state index is 6.40. The van der Waals surface area contributed by atoms with Gasteiger partial charge in [0.2, 0.25) is 0 Å². The van der Waals surface area contributed by atoms with Crippen LogP contribution in [0.2, 0.25) is 10.2 Å². The van der Waals surface area contributed by atoms with Gasteiger partial charge in [0, 0.05) is 23.5 Å². The van der Waals surface area contributed by atoms with Crippen LogP contribution < -0.4 is 0 Å². The predicted molar refractivity (Wildman–Crippen MR) is 79.7 cm³/mol. The molecule has 3 rings (SSSR count). The molecular formula is C13H8Cl2N4S. The molecule has 0 bridgehead atoms. The summed E-state index contributed by atoms with van der Waals surface area (Å²) in [4.78, 5) is 13.3. The van der Waals surface area contributed by atoms with Gasteiger partial charge in [0.05, 0.1) is 17.4 Å². The fraction of sp³-hybridized carbons (Fsp3) is 0. The van der Waals surface area contributed by atoms with Gasteiger partial charge in [0.25, 0.3) is 0 Å². The van der Waals surface area contributed by atoms with Crippen molar-refractivity contribution in [2.24, 2.45) is 0 Å². The second-order valence-electron chi connectivity index (χ2n) is 3.82. The first-order chi connectivity index (χ1) is 9.74. The zero-order valence-electron chi connectivity index (χ0n) is 10.1. The van der Waals surface area contributed by atoms with E-state index in [4.69, 9.17) is 23.2 Å². The van der Waals surface area contributed by atoms with Gasteiger partial charge in [0.15, 0.2) is 5.82 Å². The van der Waals surface area contributed by atoms with Crippen LogP contribution in [-0.4, -0.2) is 19.5 Å². The Hall–Kier alpha value is -1.56. The quantitative estimate of drug-likeness (QED) is 0.727. The molecule has 0 saturated heterocycles. The van der Waals surface area contributed by atoms with Crippen LogP contribution in [0.4, 0.5) is 0 Å². The van der Waals surface area contributed by atoms with Crippen molar-refractivity contribution in [2.45, 2.75) is 9.92 Å². The van der Waals surface area contributed by atoms with Crippen LogP contribution in [0.5, 0.6) is 0 Å². The Labute approximate surface area is 129 Å². The van der Waals surface area contributed by atoms with Crippen LogP contribution in [0, 0.1) is 0 Å². The summed E-state index contributed by atoms with van der Waals surface area (Å²) < 4.78 is 1.86. The Balaban J connectivity index is 1.94. The number of pyridine rings is 1. The van der Waals surface area contributed by atoms with Crippen LogP contribution in [0.25, 0.3) is 5.82 Å². The average molecular weight is 323 g/mol. The molecular weight excluding hydrogens is 315 g/mol. The minimum absolute atomic E-state index is 0.364. The summed E-state index contributed by atoms with van der Waals surface area (Å²) in [6, 6.07) is 5.68. The average Bonchev–Trinajstić information content (AvgIpc) is 2.97. The largest absolute Gasteiger partial charge is 0.307 e. The molecule has 4 nitrogen and oxygen atoms in total. The third-order valence-electron chi connectivity index (χ3n) is 2.50. The van der Waals surface area contributed by atoms with Gasteiger partial charge in [-0.05, 0) is 18.2 Å². The second kappa shape index (κ2) is 5.83. The smallest absolute Gasteiger partial charge is 0.156 e. The lowest BCUT2D eigenvalue weighted by Gasteiger charge is -2.08. The Bertz CT molecular complexity index is 714. The van der Waals surface area contributed by atoms with E-state index in [2.05, 4.69) is 15.0 Å². The van der Waals surface area contributed by atoms with Crippen molar-refractivity contribution in [3.05, 3.63) is 59.4 Å². The first-order valence-corrected chi connectivity index (χ1v) is 7.24. The zero-order valence-corrected chi connectivity index (χ0v) is 12.4. The third kappa shape index (κ3) is 2.80. The van der Waals surface area contributed by atoms with Crippen LogP contribution in [0.1, 0.15) is 0 Å². The van der Waals surface area contributed by atoms with Gasteiger partial charge in [-0.3, -0.25) is 0 Å². The molecule has 0 aliphatic carbocycles. The molecule has 0 saturated carbocycles. The van der Waals surface area contributed by atoms with Crippen molar-refractivity contribution in [1.29, 1.82) is 0 Å². The molecule has 0 aliphatic heterocycles. The normalized spacial score (nSPS) is 10.7. The van der Waals surface area contributed by atoms with E-state index in [1.165, 1.54) is 18.0 Å². The van der Waals surface area contributed by atoms with E-state index < -0.39 is 0 Å². The molecule has 0 atom stereocenters. The number of nitrogens with zero attached hydrogens (tertiary/aromatic N) is 4. The summed E-state index contributed by atoms with van der Waals surface area (Å²) in [5, 5.41) is 1.66. The molecule has 20 heavy (non-hydrogen) atoms. The fourth-order valence-electron chi connectivity index (χ4n) is 1.62. The molecule has 0 aliphatic rings. The molecule has 0 aromatic carbocycles. The predicted octanol–water partition coefficient (Wildman–Crippen LogP) is 4.12. The van der Waals surface area contributed by atoms with Crippen LogP contribution in [0.3, 0.4) is 0 Å². The molecule has 3 aromatic heterocycles. The molecule has 3 heterocycles. The van der Waals surface area contributed by atoms with Crippen LogP contribution >= 0.6 is 35.0 Å².